The smallest absolute Gasteiger partial charge is 0.320 e. The highest BCUT2D eigenvalue weighted by Gasteiger charge is 2.47. The Balaban J connectivity index is 2.80. The molecular weight excluding hydrogens is 224 g/mol. The Kier molecular flexibility index (Phi) is 5.06. The van der Waals surface area contributed by atoms with Crippen LogP contribution in [0.2, 0.25) is 0 Å². The van der Waals surface area contributed by atoms with Crippen LogP contribution in [0.25, 0.3) is 0 Å². The van der Waals surface area contributed by atoms with Crippen LogP contribution in [0.1, 0.15) is 26.2 Å². The molecule has 0 saturated carbocycles. The van der Waals surface area contributed by atoms with Gasteiger partial charge in [0.25, 0.3) is 0 Å². The quantitative estimate of drug-likeness (QED) is 0.421. The molecule has 0 aliphatic carbocycles. The summed E-state index contributed by atoms with van der Waals surface area (Å²) in [5.41, 5.74) is -0.888. The number of hydrogen-bond donors (Lipinski definition) is 0. The molecule has 0 radical (unpaired) electrons. The van der Waals surface area contributed by atoms with Crippen molar-refractivity contribution >= 4 is 23.5 Å². The maximum Gasteiger partial charge on any atom is 0.320 e. The van der Waals surface area contributed by atoms with E-state index in [-0.39, 0.29) is 18.4 Å². The minimum Gasteiger partial charge on any atom is -0.461 e. The maximum atomic E-state index is 12.0. The summed E-state index contributed by atoms with van der Waals surface area (Å²) in [7, 11) is 0. The second-order valence-corrected chi connectivity index (χ2v) is 5.05. The van der Waals surface area contributed by atoms with Gasteiger partial charge in [-0.3, -0.25) is 9.59 Å². The Labute approximate surface area is 101 Å². The molecule has 4 heteroatoms. The number of carbonyl (C=O) groups is 2. The molecule has 1 fully saturated rings. The topological polar surface area (TPSA) is 43.4 Å². The first-order valence-corrected chi connectivity index (χ1v) is 6.72. The van der Waals surface area contributed by atoms with Crippen molar-refractivity contribution in [2.75, 3.05) is 18.1 Å². The first kappa shape index (κ1) is 13.3. The van der Waals surface area contributed by atoms with Crippen LogP contribution in [0, 0.1) is 5.41 Å². The molecule has 3 nitrogen and oxygen atoms in total. The monoisotopic (exact) mass is 242 g/mol. The number of carbonyl (C=O) groups excluding carboxylic acids is 2. The largest absolute Gasteiger partial charge is 0.461 e. The predicted octanol–water partition coefficient (Wildman–Crippen LogP) is 2.21. The van der Waals surface area contributed by atoms with E-state index in [4.69, 9.17) is 4.74 Å². The van der Waals surface area contributed by atoms with Gasteiger partial charge in [-0.25, -0.2) is 0 Å². The molecule has 1 unspecified atom stereocenters. The summed E-state index contributed by atoms with van der Waals surface area (Å²) < 4.78 is 5.07. The molecule has 1 saturated heterocycles. The van der Waals surface area contributed by atoms with Gasteiger partial charge < -0.3 is 4.74 Å². The third-order valence-electron chi connectivity index (χ3n) is 2.76. The third-order valence-corrected chi connectivity index (χ3v) is 3.95. The van der Waals surface area contributed by atoms with E-state index in [2.05, 4.69) is 6.58 Å². The lowest BCUT2D eigenvalue weighted by Gasteiger charge is -2.32. The summed E-state index contributed by atoms with van der Waals surface area (Å²) in [4.78, 5) is 23.9. The van der Waals surface area contributed by atoms with Gasteiger partial charge in [-0.1, -0.05) is 26.0 Å². The van der Waals surface area contributed by atoms with E-state index in [0.717, 1.165) is 12.2 Å². The van der Waals surface area contributed by atoms with E-state index in [0.29, 0.717) is 18.6 Å². The van der Waals surface area contributed by atoms with Crippen molar-refractivity contribution in [1.29, 1.82) is 0 Å². The van der Waals surface area contributed by atoms with Gasteiger partial charge in [-0.2, -0.15) is 11.8 Å². The van der Waals surface area contributed by atoms with Gasteiger partial charge in [0.15, 0.2) is 5.78 Å². The Bertz CT molecular complexity index is 284. The normalized spacial score (nSPS) is 25.2. The Hall–Kier alpha value is -0.770. The van der Waals surface area contributed by atoms with Crippen molar-refractivity contribution in [3.63, 3.8) is 0 Å². The molecule has 1 rings (SSSR count). The minimum atomic E-state index is -0.888. The molecule has 1 heterocycles. The van der Waals surface area contributed by atoms with Crippen LogP contribution in [0.5, 0.6) is 0 Å². The summed E-state index contributed by atoms with van der Waals surface area (Å²) in [6, 6.07) is 0. The van der Waals surface area contributed by atoms with E-state index in [1.54, 1.807) is 11.8 Å². The van der Waals surface area contributed by atoms with Crippen molar-refractivity contribution in [3.05, 3.63) is 12.7 Å². The van der Waals surface area contributed by atoms with Gasteiger partial charge in [-0.15, -0.1) is 0 Å². The zero-order chi connectivity index (χ0) is 12.0. The number of ketones is 1. The molecule has 16 heavy (non-hydrogen) atoms. The first-order chi connectivity index (χ1) is 7.67. The van der Waals surface area contributed by atoms with Crippen LogP contribution in [-0.4, -0.2) is 29.9 Å². The molecule has 0 aromatic rings. The summed E-state index contributed by atoms with van der Waals surface area (Å²) in [5.74, 6) is 1.06. The van der Waals surface area contributed by atoms with Crippen molar-refractivity contribution in [2.45, 2.75) is 26.2 Å². The summed E-state index contributed by atoms with van der Waals surface area (Å²) in [6.45, 7) is 5.66. The Morgan fingerprint density at radius 1 is 1.69 bits per heavy atom. The third kappa shape index (κ3) is 2.67. The molecule has 0 spiro atoms. The van der Waals surface area contributed by atoms with Crippen molar-refractivity contribution in [3.8, 4) is 0 Å². The van der Waals surface area contributed by atoms with Gasteiger partial charge in [0.2, 0.25) is 0 Å². The molecule has 0 aromatic heterocycles. The average molecular weight is 242 g/mol. The predicted molar refractivity (Wildman–Crippen MR) is 65.4 cm³/mol. The highest BCUT2D eigenvalue weighted by atomic mass is 32.2. The zero-order valence-corrected chi connectivity index (χ0v) is 10.5. The minimum absolute atomic E-state index is 0.0437. The first-order valence-electron chi connectivity index (χ1n) is 5.56. The zero-order valence-electron chi connectivity index (χ0n) is 9.66. The fraction of sp³-hybridized carbons (Fsp3) is 0.667. The van der Waals surface area contributed by atoms with Crippen LogP contribution in [0.15, 0.2) is 12.7 Å². The molecule has 0 N–H and O–H groups in total. The van der Waals surface area contributed by atoms with Gasteiger partial charge in [0.1, 0.15) is 12.0 Å². The number of thioether (sulfide) groups is 1. The fourth-order valence-electron chi connectivity index (χ4n) is 1.92. The SMILES string of the molecule is C=CCOC(=O)C1(CCC)CSCCC1=O. The van der Waals surface area contributed by atoms with Crippen LogP contribution < -0.4 is 0 Å². The molecule has 90 valence electrons. The summed E-state index contributed by atoms with van der Waals surface area (Å²) in [6.07, 6.45) is 3.41. The maximum absolute atomic E-state index is 12.0. The van der Waals surface area contributed by atoms with Crippen LogP contribution in [0.3, 0.4) is 0 Å². The second-order valence-electron chi connectivity index (χ2n) is 3.95. The standard InChI is InChI=1S/C12H18O3S/c1-3-6-12(11(14)15-7-4-2)9-16-8-5-10(12)13/h4H,2-3,5-9H2,1H3. The number of esters is 1. The lowest BCUT2D eigenvalue weighted by molar-refractivity contribution is -0.158. The van der Waals surface area contributed by atoms with Crippen LogP contribution in [-0.2, 0) is 14.3 Å². The van der Waals surface area contributed by atoms with Crippen molar-refractivity contribution in [1.82, 2.24) is 0 Å². The van der Waals surface area contributed by atoms with E-state index in [1.807, 2.05) is 6.92 Å². The Morgan fingerprint density at radius 2 is 2.44 bits per heavy atom. The summed E-state index contributed by atoms with van der Waals surface area (Å²) in [5, 5.41) is 0. The molecule has 1 aliphatic heterocycles. The van der Waals surface area contributed by atoms with E-state index in [1.165, 1.54) is 6.08 Å². The van der Waals surface area contributed by atoms with E-state index < -0.39 is 5.41 Å². The number of hydrogen-bond acceptors (Lipinski definition) is 4. The highest BCUT2D eigenvalue weighted by Crippen LogP contribution is 2.37. The average Bonchev–Trinajstić information content (AvgIpc) is 2.29. The Morgan fingerprint density at radius 3 is 3.00 bits per heavy atom. The molecule has 1 aliphatic rings. The van der Waals surface area contributed by atoms with E-state index >= 15 is 0 Å². The number of Topliss-reactive ketones (excluding diaryl/α,β-unsaturated/α-hetero) is 1. The fourth-order valence-corrected chi connectivity index (χ4v) is 3.16. The second kappa shape index (κ2) is 6.09. The van der Waals surface area contributed by atoms with Crippen molar-refractivity contribution < 1.29 is 14.3 Å². The van der Waals surface area contributed by atoms with Gasteiger partial charge in [-0.05, 0) is 6.42 Å². The van der Waals surface area contributed by atoms with Gasteiger partial charge in [0.05, 0.1) is 0 Å². The molecule has 0 bridgehead atoms. The number of rotatable bonds is 5. The van der Waals surface area contributed by atoms with Gasteiger partial charge >= 0.3 is 5.97 Å². The highest BCUT2D eigenvalue weighted by molar-refractivity contribution is 7.99. The van der Waals surface area contributed by atoms with E-state index in [9.17, 15) is 9.59 Å². The molecule has 0 amide bonds. The number of ether oxygens (including phenoxy) is 1. The van der Waals surface area contributed by atoms with Crippen LogP contribution >= 0.6 is 11.8 Å². The van der Waals surface area contributed by atoms with Crippen molar-refractivity contribution in [2.24, 2.45) is 5.41 Å². The molecule has 0 aromatic carbocycles. The lowest BCUT2D eigenvalue weighted by Crippen LogP contribution is -2.45. The molecular formula is C12H18O3S. The lowest BCUT2D eigenvalue weighted by atomic mass is 9.79. The van der Waals surface area contributed by atoms with Gasteiger partial charge in [0, 0.05) is 17.9 Å². The van der Waals surface area contributed by atoms with Crippen LogP contribution in [0.4, 0.5) is 0 Å². The molecule has 1 atom stereocenters. The summed E-state index contributed by atoms with van der Waals surface area (Å²) >= 11 is 1.66.